The molecule has 0 fully saturated rings. The molecule has 3 heterocycles. The molecule has 0 aliphatic rings. The number of aromatic nitrogens is 2. The summed E-state index contributed by atoms with van der Waals surface area (Å²) in [5, 5.41) is 10.7. The molecule has 0 spiro atoms. The smallest absolute Gasteiger partial charge is 0.161 e. The lowest BCUT2D eigenvalue weighted by Gasteiger charge is -2.13. The van der Waals surface area contributed by atoms with Gasteiger partial charge in [0, 0.05) is 26.9 Å². The highest BCUT2D eigenvalue weighted by Crippen LogP contribution is 2.41. The van der Waals surface area contributed by atoms with Crippen LogP contribution in [0, 0.1) is 0 Å². The molecule has 6 aromatic carbocycles. The van der Waals surface area contributed by atoms with Crippen LogP contribution < -0.4 is 0 Å². The molecule has 0 bridgehead atoms. The van der Waals surface area contributed by atoms with Crippen molar-refractivity contribution in [3.8, 4) is 0 Å². The Morgan fingerprint density at radius 1 is 0.500 bits per heavy atom. The first kappa shape index (κ1) is 18.4. The van der Waals surface area contributed by atoms with E-state index in [1.54, 1.807) is 0 Å². The fraction of sp³-hybridized carbons (Fsp3) is 0. The molecule has 9 rings (SSSR count). The summed E-state index contributed by atoms with van der Waals surface area (Å²) in [6, 6.07) is 38.8. The maximum Gasteiger partial charge on any atom is 0.161 e. The number of furan rings is 1. The summed E-state index contributed by atoms with van der Waals surface area (Å²) < 4.78 is 8.86. The highest BCUT2D eigenvalue weighted by molar-refractivity contribution is 6.24. The van der Waals surface area contributed by atoms with E-state index >= 15 is 0 Å². The van der Waals surface area contributed by atoms with Gasteiger partial charge >= 0.3 is 0 Å². The number of para-hydroxylation sites is 1. The second-order valence-corrected chi connectivity index (χ2v) is 9.61. The minimum atomic E-state index is 0.885. The Balaban J connectivity index is 1.66. The number of imidazole rings is 1. The molecule has 36 heavy (non-hydrogen) atoms. The van der Waals surface area contributed by atoms with E-state index in [9.17, 15) is 0 Å². The first-order valence-electron chi connectivity index (χ1n) is 12.2. The number of fused-ring (bicyclic) bond motifs is 15. The van der Waals surface area contributed by atoms with Gasteiger partial charge in [-0.2, -0.15) is 0 Å². The highest BCUT2D eigenvalue weighted by atomic mass is 16.3. The van der Waals surface area contributed by atoms with Gasteiger partial charge < -0.3 is 4.42 Å². The number of rotatable bonds is 0. The normalized spacial score (nSPS) is 12.4. The van der Waals surface area contributed by atoms with Gasteiger partial charge in [0.2, 0.25) is 0 Å². The van der Waals surface area contributed by atoms with Crippen LogP contribution in [0.5, 0.6) is 0 Å². The third-order valence-corrected chi connectivity index (χ3v) is 7.70. The molecule has 0 aliphatic heterocycles. The summed E-state index contributed by atoms with van der Waals surface area (Å²) in [7, 11) is 0. The Morgan fingerprint density at radius 2 is 1.19 bits per heavy atom. The van der Waals surface area contributed by atoms with Crippen LogP contribution in [0.3, 0.4) is 0 Å². The van der Waals surface area contributed by atoms with Gasteiger partial charge in [-0.1, -0.05) is 78.9 Å². The molecule has 0 saturated heterocycles. The van der Waals surface area contributed by atoms with E-state index in [4.69, 9.17) is 9.40 Å². The summed E-state index contributed by atoms with van der Waals surface area (Å²) in [6.45, 7) is 0. The van der Waals surface area contributed by atoms with Crippen molar-refractivity contribution >= 4 is 81.8 Å². The van der Waals surface area contributed by atoms with E-state index in [1.165, 1.54) is 37.8 Å². The highest BCUT2D eigenvalue weighted by Gasteiger charge is 2.20. The molecule has 0 atom stereocenters. The fourth-order valence-electron chi connectivity index (χ4n) is 6.10. The number of benzene rings is 6. The molecule has 3 heteroatoms. The van der Waals surface area contributed by atoms with Crippen LogP contribution in [0.2, 0.25) is 0 Å². The molecule has 0 unspecified atom stereocenters. The monoisotopic (exact) mass is 458 g/mol. The third-order valence-electron chi connectivity index (χ3n) is 7.70. The van der Waals surface area contributed by atoms with Crippen molar-refractivity contribution in [1.82, 2.24) is 9.38 Å². The lowest BCUT2D eigenvalue weighted by atomic mass is 9.98. The number of nitrogens with zero attached hydrogens (tertiary/aromatic N) is 2. The summed E-state index contributed by atoms with van der Waals surface area (Å²) in [4.78, 5) is 5.23. The number of hydrogen-bond donors (Lipinski definition) is 0. The van der Waals surface area contributed by atoms with Crippen molar-refractivity contribution in [2.24, 2.45) is 0 Å². The summed E-state index contributed by atoms with van der Waals surface area (Å²) in [5.41, 5.74) is 5.88. The standard InChI is InChI=1S/C33H18N2O/c1-2-9-21-18-27-26(17-20(21)8-1)24-14-13-19-7-3-4-10-22(19)30(24)35-31-28(34-33(27)35)16-15-25-23-11-5-6-12-29(23)36-32(25)31/h1-18H. The third kappa shape index (κ3) is 2.21. The predicted molar refractivity (Wildman–Crippen MR) is 150 cm³/mol. The van der Waals surface area contributed by atoms with Gasteiger partial charge in [0.1, 0.15) is 16.7 Å². The van der Waals surface area contributed by atoms with Gasteiger partial charge in [-0.15, -0.1) is 0 Å². The Kier molecular flexibility index (Phi) is 3.28. The van der Waals surface area contributed by atoms with Gasteiger partial charge in [-0.05, 0) is 51.9 Å². The molecular weight excluding hydrogens is 440 g/mol. The van der Waals surface area contributed by atoms with Crippen LogP contribution in [0.4, 0.5) is 0 Å². The Morgan fingerprint density at radius 3 is 2.06 bits per heavy atom. The van der Waals surface area contributed by atoms with Crippen molar-refractivity contribution in [1.29, 1.82) is 0 Å². The van der Waals surface area contributed by atoms with E-state index < -0.39 is 0 Å². The minimum Gasteiger partial charge on any atom is -0.454 e. The Labute approximate surface area is 204 Å². The zero-order chi connectivity index (χ0) is 23.4. The molecular formula is C33H18N2O. The first-order valence-corrected chi connectivity index (χ1v) is 12.2. The topological polar surface area (TPSA) is 30.4 Å². The predicted octanol–water partition coefficient (Wildman–Crippen LogP) is 9.00. The van der Waals surface area contributed by atoms with E-state index in [0.29, 0.717) is 0 Å². The SMILES string of the molecule is c1ccc2cc3c(cc2c1)c1ccc2ccccc2c1n1c3nc2ccc3c4ccccc4oc3c21. The lowest BCUT2D eigenvalue weighted by molar-refractivity contribution is 0.671. The second-order valence-electron chi connectivity index (χ2n) is 9.61. The molecule has 9 aromatic rings. The molecule has 166 valence electrons. The summed E-state index contributed by atoms with van der Waals surface area (Å²) in [5.74, 6) is 0. The van der Waals surface area contributed by atoms with Crippen molar-refractivity contribution in [2.45, 2.75) is 0 Å². The maximum atomic E-state index is 6.51. The maximum absolute atomic E-state index is 6.51. The van der Waals surface area contributed by atoms with Gasteiger partial charge in [-0.3, -0.25) is 4.40 Å². The van der Waals surface area contributed by atoms with Crippen LogP contribution >= 0.6 is 0 Å². The minimum absolute atomic E-state index is 0.885. The summed E-state index contributed by atoms with van der Waals surface area (Å²) in [6.07, 6.45) is 0. The second kappa shape index (κ2) is 6.41. The average molecular weight is 459 g/mol. The Bertz CT molecular complexity index is 2370. The first-order chi connectivity index (χ1) is 17.8. The molecule has 0 saturated carbocycles. The van der Waals surface area contributed by atoms with E-state index in [-0.39, 0.29) is 0 Å². The molecule has 0 amide bonds. The average Bonchev–Trinajstić information content (AvgIpc) is 3.50. The summed E-state index contributed by atoms with van der Waals surface area (Å²) >= 11 is 0. The number of hydrogen-bond acceptors (Lipinski definition) is 2. The van der Waals surface area contributed by atoms with Crippen LogP contribution in [0.1, 0.15) is 0 Å². The molecule has 3 nitrogen and oxygen atoms in total. The van der Waals surface area contributed by atoms with Gasteiger partial charge in [0.25, 0.3) is 0 Å². The number of pyridine rings is 1. The van der Waals surface area contributed by atoms with Crippen LogP contribution in [0.15, 0.2) is 114 Å². The molecule has 3 aromatic heterocycles. The van der Waals surface area contributed by atoms with Gasteiger partial charge in [0.15, 0.2) is 5.58 Å². The van der Waals surface area contributed by atoms with Crippen molar-refractivity contribution in [3.63, 3.8) is 0 Å². The molecule has 0 aliphatic carbocycles. The lowest BCUT2D eigenvalue weighted by Crippen LogP contribution is -1.93. The van der Waals surface area contributed by atoms with Crippen LogP contribution in [-0.4, -0.2) is 9.38 Å². The van der Waals surface area contributed by atoms with E-state index in [1.807, 2.05) is 12.1 Å². The largest absolute Gasteiger partial charge is 0.454 e. The van der Waals surface area contributed by atoms with Crippen molar-refractivity contribution in [3.05, 3.63) is 109 Å². The van der Waals surface area contributed by atoms with E-state index in [2.05, 4.69) is 101 Å². The van der Waals surface area contributed by atoms with Crippen LogP contribution in [-0.2, 0) is 0 Å². The zero-order valence-electron chi connectivity index (χ0n) is 19.2. The van der Waals surface area contributed by atoms with Crippen molar-refractivity contribution in [2.75, 3.05) is 0 Å². The van der Waals surface area contributed by atoms with Crippen LogP contribution in [0.25, 0.3) is 81.8 Å². The van der Waals surface area contributed by atoms with Gasteiger partial charge in [0.05, 0.1) is 11.0 Å². The van der Waals surface area contributed by atoms with E-state index in [0.717, 1.165) is 44.0 Å². The Hall–Kier alpha value is -4.89. The molecule has 0 radical (unpaired) electrons. The van der Waals surface area contributed by atoms with Gasteiger partial charge in [-0.25, -0.2) is 4.98 Å². The fourth-order valence-corrected chi connectivity index (χ4v) is 6.10. The molecule has 0 N–H and O–H groups in total. The van der Waals surface area contributed by atoms with Crippen molar-refractivity contribution < 1.29 is 4.42 Å². The zero-order valence-corrected chi connectivity index (χ0v) is 19.2. The quantitative estimate of drug-likeness (QED) is 0.168.